The lowest BCUT2D eigenvalue weighted by Crippen LogP contribution is -2.40. The smallest absolute Gasteiger partial charge is 0.322 e. The minimum absolute atomic E-state index is 0.138. The SMILES string of the molecule is CCC(C(=O)O)N1Cc2sc(-c3ccc(C)cc3)cc2S1(=O)=O. The first-order valence-corrected chi connectivity index (χ1v) is 9.54. The Kier molecular flexibility index (Phi) is 4.03. The number of aryl methyl sites for hydroxylation is 1. The number of nitrogens with zero attached hydrogens (tertiary/aromatic N) is 1. The maximum absolute atomic E-state index is 12.7. The van der Waals surface area contributed by atoms with Gasteiger partial charge in [0, 0.05) is 9.75 Å². The van der Waals surface area contributed by atoms with Gasteiger partial charge in [-0.2, -0.15) is 4.31 Å². The number of aliphatic carboxylic acids is 1. The average molecular weight is 351 g/mol. The quantitative estimate of drug-likeness (QED) is 0.918. The number of benzene rings is 1. The first-order valence-electron chi connectivity index (χ1n) is 7.29. The van der Waals surface area contributed by atoms with Gasteiger partial charge < -0.3 is 5.11 Å². The second-order valence-electron chi connectivity index (χ2n) is 5.58. The van der Waals surface area contributed by atoms with Gasteiger partial charge in [-0.3, -0.25) is 4.79 Å². The number of thiophene rings is 1. The van der Waals surface area contributed by atoms with Gasteiger partial charge in [-0.15, -0.1) is 11.3 Å². The van der Waals surface area contributed by atoms with E-state index in [0.29, 0.717) is 4.88 Å². The summed E-state index contributed by atoms with van der Waals surface area (Å²) in [6.45, 7) is 3.81. The largest absolute Gasteiger partial charge is 0.480 e. The number of hydrogen-bond donors (Lipinski definition) is 1. The maximum Gasteiger partial charge on any atom is 0.322 e. The molecule has 23 heavy (non-hydrogen) atoms. The van der Waals surface area contributed by atoms with Crippen LogP contribution in [0.3, 0.4) is 0 Å². The van der Waals surface area contributed by atoms with Gasteiger partial charge in [0.25, 0.3) is 0 Å². The second kappa shape index (κ2) is 5.74. The molecule has 122 valence electrons. The van der Waals surface area contributed by atoms with Crippen LogP contribution in [0.2, 0.25) is 0 Å². The van der Waals surface area contributed by atoms with Gasteiger partial charge in [0.15, 0.2) is 0 Å². The van der Waals surface area contributed by atoms with E-state index < -0.39 is 22.0 Å². The Morgan fingerprint density at radius 3 is 2.52 bits per heavy atom. The lowest BCUT2D eigenvalue weighted by atomic mass is 10.1. The van der Waals surface area contributed by atoms with Crippen molar-refractivity contribution in [3.63, 3.8) is 0 Å². The molecule has 2 aromatic rings. The van der Waals surface area contributed by atoms with E-state index in [1.165, 1.54) is 11.3 Å². The van der Waals surface area contributed by atoms with Crippen LogP contribution in [0.4, 0.5) is 0 Å². The predicted molar refractivity (Wildman–Crippen MR) is 88.9 cm³/mol. The van der Waals surface area contributed by atoms with Crippen LogP contribution in [-0.4, -0.2) is 29.8 Å². The standard InChI is InChI=1S/C16H17NO4S2/c1-3-12(16(18)19)17-9-14-15(23(17,20)21)8-13(22-14)11-6-4-10(2)5-7-11/h4-8,12H,3,9H2,1-2H3,(H,18,19). The molecule has 1 N–H and O–H groups in total. The molecule has 0 aliphatic carbocycles. The Morgan fingerprint density at radius 2 is 2.00 bits per heavy atom. The number of sulfonamides is 1. The monoisotopic (exact) mass is 351 g/mol. The minimum atomic E-state index is -3.74. The van der Waals surface area contributed by atoms with E-state index in [-0.39, 0.29) is 17.9 Å². The molecule has 1 aromatic heterocycles. The molecule has 2 heterocycles. The Morgan fingerprint density at radius 1 is 1.35 bits per heavy atom. The Bertz CT molecular complexity index is 853. The highest BCUT2D eigenvalue weighted by molar-refractivity contribution is 7.89. The summed E-state index contributed by atoms with van der Waals surface area (Å²) in [5.41, 5.74) is 2.12. The van der Waals surface area contributed by atoms with Crippen LogP contribution < -0.4 is 0 Å². The highest BCUT2D eigenvalue weighted by Gasteiger charge is 2.42. The zero-order valence-corrected chi connectivity index (χ0v) is 14.4. The maximum atomic E-state index is 12.7. The number of hydrogen-bond acceptors (Lipinski definition) is 4. The molecule has 1 aliphatic heterocycles. The van der Waals surface area contributed by atoms with Crippen LogP contribution in [0.15, 0.2) is 35.2 Å². The Labute approximate surface area is 139 Å². The minimum Gasteiger partial charge on any atom is -0.480 e. The molecular weight excluding hydrogens is 334 g/mol. The molecule has 0 amide bonds. The van der Waals surface area contributed by atoms with Crippen LogP contribution >= 0.6 is 11.3 Å². The average Bonchev–Trinajstić information content (AvgIpc) is 3.00. The molecule has 1 unspecified atom stereocenters. The van der Waals surface area contributed by atoms with Gasteiger partial charge in [-0.1, -0.05) is 36.8 Å². The third-order valence-electron chi connectivity index (χ3n) is 4.01. The Hall–Kier alpha value is -1.70. The molecule has 5 nitrogen and oxygen atoms in total. The van der Waals surface area contributed by atoms with Gasteiger partial charge in [0.2, 0.25) is 10.0 Å². The van der Waals surface area contributed by atoms with Crippen molar-refractivity contribution in [2.45, 2.75) is 37.8 Å². The van der Waals surface area contributed by atoms with Gasteiger partial charge >= 0.3 is 5.97 Å². The van der Waals surface area contributed by atoms with E-state index >= 15 is 0 Å². The predicted octanol–water partition coefficient (Wildman–Crippen LogP) is 3.09. The molecule has 0 saturated heterocycles. The van der Waals surface area contributed by atoms with Crippen LogP contribution in [0.1, 0.15) is 23.8 Å². The van der Waals surface area contributed by atoms with Crippen molar-refractivity contribution in [2.75, 3.05) is 0 Å². The van der Waals surface area contributed by atoms with E-state index in [9.17, 15) is 18.3 Å². The molecule has 1 atom stereocenters. The summed E-state index contributed by atoms with van der Waals surface area (Å²) < 4.78 is 26.4. The number of fused-ring (bicyclic) bond motifs is 1. The first kappa shape index (κ1) is 16.2. The van der Waals surface area contributed by atoms with Crippen LogP contribution in [0, 0.1) is 6.92 Å². The molecule has 0 radical (unpaired) electrons. The fourth-order valence-corrected chi connectivity index (χ4v) is 6.13. The van der Waals surface area contributed by atoms with Gasteiger partial charge in [-0.25, -0.2) is 8.42 Å². The molecule has 0 saturated carbocycles. The number of carboxylic acid groups (broad SMARTS) is 1. The van der Waals surface area contributed by atoms with Gasteiger partial charge in [0.1, 0.15) is 6.04 Å². The summed E-state index contributed by atoms with van der Waals surface area (Å²) in [4.78, 5) is 13.1. The molecule has 7 heteroatoms. The second-order valence-corrected chi connectivity index (χ2v) is 8.57. The normalized spacial score (nSPS) is 17.8. The van der Waals surface area contributed by atoms with Gasteiger partial charge in [-0.05, 0) is 25.0 Å². The summed E-state index contributed by atoms with van der Waals surface area (Å²) in [6, 6.07) is 8.55. The van der Waals surface area contributed by atoms with Crippen molar-refractivity contribution < 1.29 is 18.3 Å². The summed E-state index contributed by atoms with van der Waals surface area (Å²) in [6.07, 6.45) is 0.244. The fraction of sp³-hybridized carbons (Fsp3) is 0.312. The van der Waals surface area contributed by atoms with Crippen molar-refractivity contribution in [3.05, 3.63) is 40.8 Å². The molecular formula is C16H17NO4S2. The molecule has 0 bridgehead atoms. The summed E-state index contributed by atoms with van der Waals surface area (Å²) in [5, 5.41) is 9.24. The zero-order valence-electron chi connectivity index (χ0n) is 12.8. The van der Waals surface area contributed by atoms with E-state index in [1.807, 2.05) is 31.2 Å². The summed E-state index contributed by atoms with van der Waals surface area (Å²) in [5.74, 6) is -1.11. The topological polar surface area (TPSA) is 74.7 Å². The number of carbonyl (C=O) groups is 1. The molecule has 1 aliphatic rings. The number of rotatable bonds is 4. The summed E-state index contributed by atoms with van der Waals surface area (Å²) >= 11 is 1.41. The van der Waals surface area contributed by atoms with E-state index in [2.05, 4.69) is 0 Å². The molecule has 1 aromatic carbocycles. The van der Waals surface area contributed by atoms with Crippen LogP contribution in [-0.2, 0) is 21.4 Å². The molecule has 0 spiro atoms. The fourth-order valence-electron chi connectivity index (χ4n) is 2.73. The molecule has 0 fully saturated rings. The third kappa shape index (κ3) is 2.69. The summed E-state index contributed by atoms with van der Waals surface area (Å²) in [7, 11) is -3.74. The highest BCUT2D eigenvalue weighted by Crippen LogP contribution is 2.42. The molecule has 3 rings (SSSR count). The van der Waals surface area contributed by atoms with E-state index in [4.69, 9.17) is 0 Å². The van der Waals surface area contributed by atoms with Crippen molar-refractivity contribution in [3.8, 4) is 10.4 Å². The lowest BCUT2D eigenvalue weighted by molar-refractivity contribution is -0.141. The van der Waals surface area contributed by atoms with E-state index in [1.54, 1.807) is 13.0 Å². The van der Waals surface area contributed by atoms with Crippen LogP contribution in [0.5, 0.6) is 0 Å². The highest BCUT2D eigenvalue weighted by atomic mass is 32.2. The first-order chi connectivity index (χ1) is 10.8. The van der Waals surface area contributed by atoms with Crippen LogP contribution in [0.25, 0.3) is 10.4 Å². The zero-order chi connectivity index (χ0) is 16.8. The van der Waals surface area contributed by atoms with Crippen molar-refractivity contribution in [1.82, 2.24) is 4.31 Å². The van der Waals surface area contributed by atoms with Crippen molar-refractivity contribution >= 4 is 27.3 Å². The number of carboxylic acids is 1. The lowest BCUT2D eigenvalue weighted by Gasteiger charge is -2.21. The third-order valence-corrected chi connectivity index (χ3v) is 7.23. The van der Waals surface area contributed by atoms with Crippen molar-refractivity contribution in [1.29, 1.82) is 0 Å². The van der Waals surface area contributed by atoms with Gasteiger partial charge in [0.05, 0.1) is 11.4 Å². The van der Waals surface area contributed by atoms with E-state index in [0.717, 1.165) is 20.3 Å². The Balaban J connectivity index is 1.99. The van der Waals surface area contributed by atoms with Crippen molar-refractivity contribution in [2.24, 2.45) is 0 Å².